The first-order valence-electron chi connectivity index (χ1n) is 6.67. The molecule has 0 saturated carbocycles. The molecule has 1 atom stereocenters. The summed E-state index contributed by atoms with van der Waals surface area (Å²) in [5.41, 5.74) is 0.687. The average Bonchev–Trinajstić information content (AvgIpc) is 2.46. The predicted octanol–water partition coefficient (Wildman–Crippen LogP) is 3.14. The number of hydrogen-bond donors (Lipinski definition) is 0. The molecule has 0 aliphatic carbocycles. The Morgan fingerprint density at radius 2 is 2.25 bits per heavy atom. The lowest BCUT2D eigenvalue weighted by Crippen LogP contribution is -2.45. The molecule has 5 nitrogen and oxygen atoms in total. The van der Waals surface area contributed by atoms with Gasteiger partial charge in [-0.3, -0.25) is 14.9 Å². The lowest BCUT2D eigenvalue weighted by atomic mass is 9.99. The van der Waals surface area contributed by atoms with E-state index in [0.717, 1.165) is 19.3 Å². The van der Waals surface area contributed by atoms with E-state index in [1.54, 1.807) is 24.0 Å². The Labute approximate surface area is 122 Å². The number of piperidine rings is 1. The summed E-state index contributed by atoms with van der Waals surface area (Å²) in [6, 6.07) is 4.66. The molecule has 0 spiro atoms. The summed E-state index contributed by atoms with van der Waals surface area (Å²) in [5.74, 6) is 0.0888. The number of benzene rings is 1. The van der Waals surface area contributed by atoms with E-state index in [1.807, 2.05) is 0 Å². The van der Waals surface area contributed by atoms with Crippen LogP contribution in [0.4, 0.5) is 5.69 Å². The van der Waals surface area contributed by atoms with Crippen LogP contribution in [0.15, 0.2) is 18.2 Å². The molecule has 1 fully saturated rings. The van der Waals surface area contributed by atoms with E-state index in [9.17, 15) is 14.9 Å². The summed E-state index contributed by atoms with van der Waals surface area (Å²) >= 11 is 5.92. The van der Waals surface area contributed by atoms with Crippen molar-refractivity contribution in [1.29, 1.82) is 0 Å². The number of nitro benzene ring substituents is 1. The SMILES string of the molecule is Cc1cccc([N+](=O)[O-])c1C(=O)N1CCCCC1CCl. The quantitative estimate of drug-likeness (QED) is 0.489. The Morgan fingerprint density at radius 3 is 2.90 bits per heavy atom. The molecule has 1 aliphatic rings. The summed E-state index contributed by atoms with van der Waals surface area (Å²) in [7, 11) is 0. The number of nitro groups is 1. The maximum Gasteiger partial charge on any atom is 0.282 e. The zero-order chi connectivity index (χ0) is 14.7. The number of alkyl halides is 1. The number of rotatable bonds is 3. The van der Waals surface area contributed by atoms with Gasteiger partial charge in [0.2, 0.25) is 0 Å². The van der Waals surface area contributed by atoms with E-state index in [1.165, 1.54) is 6.07 Å². The maximum atomic E-state index is 12.7. The number of carbonyl (C=O) groups excluding carboxylic acids is 1. The van der Waals surface area contributed by atoms with Gasteiger partial charge in [-0.2, -0.15) is 0 Å². The second-order valence-electron chi connectivity index (χ2n) is 5.03. The van der Waals surface area contributed by atoms with Crippen molar-refractivity contribution >= 4 is 23.2 Å². The van der Waals surface area contributed by atoms with Crippen molar-refractivity contribution < 1.29 is 9.72 Å². The molecule has 1 saturated heterocycles. The molecule has 1 heterocycles. The van der Waals surface area contributed by atoms with Gasteiger partial charge in [0.1, 0.15) is 5.56 Å². The van der Waals surface area contributed by atoms with E-state index in [4.69, 9.17) is 11.6 Å². The predicted molar refractivity (Wildman–Crippen MR) is 77.2 cm³/mol. The third-order valence-electron chi connectivity index (χ3n) is 3.73. The standard InChI is InChI=1S/C14H17ClN2O3/c1-10-5-4-7-12(17(19)20)13(10)14(18)16-8-3-2-6-11(16)9-15/h4-5,7,11H,2-3,6,8-9H2,1H3. The Balaban J connectivity index is 2.40. The first-order valence-corrected chi connectivity index (χ1v) is 7.20. The Kier molecular flexibility index (Phi) is 4.60. The fourth-order valence-electron chi connectivity index (χ4n) is 2.65. The smallest absolute Gasteiger partial charge is 0.282 e. The number of aryl methyl sites for hydroxylation is 1. The lowest BCUT2D eigenvalue weighted by molar-refractivity contribution is -0.385. The van der Waals surface area contributed by atoms with Crippen LogP contribution in [0.2, 0.25) is 0 Å². The third-order valence-corrected chi connectivity index (χ3v) is 4.08. The molecular formula is C14H17ClN2O3. The van der Waals surface area contributed by atoms with Gasteiger partial charge in [-0.15, -0.1) is 11.6 Å². The van der Waals surface area contributed by atoms with E-state index >= 15 is 0 Å². The van der Waals surface area contributed by atoms with Crippen molar-refractivity contribution in [2.45, 2.75) is 32.2 Å². The third kappa shape index (κ3) is 2.77. The summed E-state index contributed by atoms with van der Waals surface area (Å²) < 4.78 is 0. The second-order valence-corrected chi connectivity index (χ2v) is 5.34. The van der Waals surface area contributed by atoms with Crippen molar-refractivity contribution in [2.24, 2.45) is 0 Å². The highest BCUT2D eigenvalue weighted by molar-refractivity contribution is 6.18. The van der Waals surface area contributed by atoms with Crippen LogP contribution in [0.5, 0.6) is 0 Å². The van der Waals surface area contributed by atoms with Crippen LogP contribution in [-0.4, -0.2) is 34.2 Å². The molecule has 1 aromatic rings. The highest BCUT2D eigenvalue weighted by Gasteiger charge is 2.31. The summed E-state index contributed by atoms with van der Waals surface area (Å²) in [6.07, 6.45) is 2.81. The monoisotopic (exact) mass is 296 g/mol. The minimum absolute atomic E-state index is 0.0304. The maximum absolute atomic E-state index is 12.7. The first-order chi connectivity index (χ1) is 9.56. The zero-order valence-corrected chi connectivity index (χ0v) is 12.1. The Morgan fingerprint density at radius 1 is 1.50 bits per heavy atom. The number of carbonyl (C=O) groups is 1. The highest BCUT2D eigenvalue weighted by atomic mass is 35.5. The van der Waals surface area contributed by atoms with Crippen LogP contribution in [0.1, 0.15) is 35.2 Å². The van der Waals surface area contributed by atoms with Gasteiger partial charge in [0.15, 0.2) is 0 Å². The van der Waals surface area contributed by atoms with Crippen molar-refractivity contribution in [3.63, 3.8) is 0 Å². The number of nitrogens with zero attached hydrogens (tertiary/aromatic N) is 2. The molecule has 108 valence electrons. The fourth-order valence-corrected chi connectivity index (χ4v) is 2.98. The largest absolute Gasteiger partial charge is 0.334 e. The second kappa shape index (κ2) is 6.22. The molecule has 0 radical (unpaired) electrons. The topological polar surface area (TPSA) is 63.5 Å². The highest BCUT2D eigenvalue weighted by Crippen LogP contribution is 2.27. The summed E-state index contributed by atoms with van der Waals surface area (Å²) in [6.45, 7) is 2.33. The van der Waals surface area contributed by atoms with Gasteiger partial charge in [0, 0.05) is 24.5 Å². The van der Waals surface area contributed by atoms with E-state index in [2.05, 4.69) is 0 Å². The first kappa shape index (κ1) is 14.8. The van der Waals surface area contributed by atoms with E-state index < -0.39 is 4.92 Å². The van der Waals surface area contributed by atoms with Crippen LogP contribution >= 0.6 is 11.6 Å². The van der Waals surface area contributed by atoms with Gasteiger partial charge in [0.05, 0.1) is 4.92 Å². The molecule has 1 aliphatic heterocycles. The van der Waals surface area contributed by atoms with Gasteiger partial charge in [-0.1, -0.05) is 12.1 Å². The molecule has 1 aromatic carbocycles. The van der Waals surface area contributed by atoms with Crippen LogP contribution in [0.25, 0.3) is 0 Å². The minimum atomic E-state index is -0.500. The van der Waals surface area contributed by atoms with Crippen LogP contribution in [0, 0.1) is 17.0 Å². The number of halogens is 1. The summed E-state index contributed by atoms with van der Waals surface area (Å²) in [5, 5.41) is 11.1. The normalized spacial score (nSPS) is 18.9. The number of amides is 1. The van der Waals surface area contributed by atoms with Crippen LogP contribution in [-0.2, 0) is 0 Å². The number of hydrogen-bond acceptors (Lipinski definition) is 3. The number of likely N-dealkylation sites (tertiary alicyclic amines) is 1. The molecule has 0 bridgehead atoms. The van der Waals surface area contributed by atoms with Gasteiger partial charge in [0.25, 0.3) is 11.6 Å². The van der Waals surface area contributed by atoms with Gasteiger partial charge >= 0.3 is 0 Å². The van der Waals surface area contributed by atoms with Gasteiger partial charge in [-0.05, 0) is 31.7 Å². The molecule has 2 rings (SSSR count). The van der Waals surface area contributed by atoms with Gasteiger partial charge in [-0.25, -0.2) is 0 Å². The van der Waals surface area contributed by atoms with Gasteiger partial charge < -0.3 is 4.90 Å². The van der Waals surface area contributed by atoms with Crippen LogP contribution < -0.4 is 0 Å². The van der Waals surface area contributed by atoms with Crippen molar-refractivity contribution in [1.82, 2.24) is 4.90 Å². The molecule has 1 amide bonds. The molecular weight excluding hydrogens is 280 g/mol. The minimum Gasteiger partial charge on any atom is -0.334 e. The molecule has 20 heavy (non-hydrogen) atoms. The molecule has 1 unspecified atom stereocenters. The van der Waals surface area contributed by atoms with Crippen LogP contribution in [0.3, 0.4) is 0 Å². The van der Waals surface area contributed by atoms with E-state index in [-0.39, 0.29) is 23.2 Å². The summed E-state index contributed by atoms with van der Waals surface area (Å²) in [4.78, 5) is 25.0. The van der Waals surface area contributed by atoms with Crippen molar-refractivity contribution in [3.8, 4) is 0 Å². The van der Waals surface area contributed by atoms with Crippen molar-refractivity contribution in [2.75, 3.05) is 12.4 Å². The van der Waals surface area contributed by atoms with Crippen molar-refractivity contribution in [3.05, 3.63) is 39.4 Å². The fraction of sp³-hybridized carbons (Fsp3) is 0.500. The zero-order valence-electron chi connectivity index (χ0n) is 11.3. The Hall–Kier alpha value is -1.62. The lowest BCUT2D eigenvalue weighted by Gasteiger charge is -2.34. The average molecular weight is 297 g/mol. The molecule has 0 aromatic heterocycles. The Bertz CT molecular complexity index is 533. The van der Waals surface area contributed by atoms with E-state index in [0.29, 0.717) is 18.0 Å². The molecule has 6 heteroatoms. The molecule has 0 N–H and O–H groups in total.